The van der Waals surface area contributed by atoms with Crippen molar-refractivity contribution in [2.24, 2.45) is 0 Å². The molecule has 0 atom stereocenters. The molecule has 106 valence electrons. The van der Waals surface area contributed by atoms with Crippen LogP contribution in [0.25, 0.3) is 0 Å². The fraction of sp³-hybridized carbons (Fsp3) is 0.357. The molecule has 0 spiro atoms. The van der Waals surface area contributed by atoms with E-state index in [1.54, 1.807) is 7.11 Å². The van der Waals surface area contributed by atoms with Crippen LogP contribution in [0, 0.1) is 0 Å². The summed E-state index contributed by atoms with van der Waals surface area (Å²) in [6, 6.07) is 7.56. The van der Waals surface area contributed by atoms with E-state index in [2.05, 4.69) is 30.8 Å². The van der Waals surface area contributed by atoms with Crippen molar-refractivity contribution in [3.05, 3.63) is 34.7 Å². The molecule has 1 N–H and O–H groups in total. The summed E-state index contributed by atoms with van der Waals surface area (Å²) in [7, 11) is 1.65. The average molecular weight is 338 g/mol. The Labute approximate surface area is 126 Å². The van der Waals surface area contributed by atoms with Crippen LogP contribution in [-0.4, -0.2) is 23.2 Å². The SMILES string of the molecule is COc1ccc(OCc2nc(Br)c3n2CCCN3)cc1. The maximum Gasteiger partial charge on any atom is 0.149 e. The number of fused-ring (bicyclic) bond motifs is 1. The summed E-state index contributed by atoms with van der Waals surface area (Å²) in [6.45, 7) is 2.41. The van der Waals surface area contributed by atoms with Crippen molar-refractivity contribution >= 4 is 21.7 Å². The fourth-order valence-corrected chi connectivity index (χ4v) is 2.81. The highest BCUT2D eigenvalue weighted by atomic mass is 79.9. The van der Waals surface area contributed by atoms with Gasteiger partial charge in [-0.25, -0.2) is 4.98 Å². The van der Waals surface area contributed by atoms with E-state index in [0.29, 0.717) is 6.61 Å². The lowest BCUT2D eigenvalue weighted by Gasteiger charge is -2.18. The van der Waals surface area contributed by atoms with Crippen LogP contribution in [0.5, 0.6) is 11.5 Å². The van der Waals surface area contributed by atoms with Crippen LogP contribution in [0.15, 0.2) is 28.9 Å². The molecule has 0 fully saturated rings. The summed E-state index contributed by atoms with van der Waals surface area (Å²) in [5.74, 6) is 3.60. The summed E-state index contributed by atoms with van der Waals surface area (Å²) < 4.78 is 13.9. The van der Waals surface area contributed by atoms with Crippen molar-refractivity contribution in [3.8, 4) is 11.5 Å². The maximum atomic E-state index is 5.78. The van der Waals surface area contributed by atoms with Crippen molar-refractivity contribution in [2.75, 3.05) is 19.0 Å². The standard InChI is InChI=1S/C14H16BrN3O2/c1-19-10-3-5-11(6-4-10)20-9-12-17-13(15)14-16-7-2-8-18(12)14/h3-6,16H,2,7-9H2,1H3. The Hall–Kier alpha value is -1.69. The molecule has 2 aromatic rings. The first-order chi connectivity index (χ1) is 9.78. The van der Waals surface area contributed by atoms with Crippen molar-refractivity contribution < 1.29 is 9.47 Å². The smallest absolute Gasteiger partial charge is 0.149 e. The van der Waals surface area contributed by atoms with Crippen molar-refractivity contribution in [1.82, 2.24) is 9.55 Å². The van der Waals surface area contributed by atoms with Gasteiger partial charge >= 0.3 is 0 Å². The van der Waals surface area contributed by atoms with Crippen LogP contribution < -0.4 is 14.8 Å². The zero-order valence-electron chi connectivity index (χ0n) is 11.2. The van der Waals surface area contributed by atoms with E-state index < -0.39 is 0 Å². The Balaban J connectivity index is 1.71. The summed E-state index contributed by atoms with van der Waals surface area (Å²) >= 11 is 3.48. The van der Waals surface area contributed by atoms with Crippen molar-refractivity contribution in [3.63, 3.8) is 0 Å². The Kier molecular flexibility index (Phi) is 3.82. The van der Waals surface area contributed by atoms with E-state index in [0.717, 1.165) is 47.3 Å². The minimum Gasteiger partial charge on any atom is -0.497 e. The summed E-state index contributed by atoms with van der Waals surface area (Å²) in [6.07, 6.45) is 1.10. The van der Waals surface area contributed by atoms with E-state index in [1.807, 2.05) is 24.3 Å². The van der Waals surface area contributed by atoms with Gasteiger partial charge in [0.05, 0.1) is 7.11 Å². The van der Waals surface area contributed by atoms with Gasteiger partial charge in [0, 0.05) is 13.1 Å². The lowest BCUT2D eigenvalue weighted by Crippen LogP contribution is -2.19. The number of benzene rings is 1. The normalized spacial score (nSPS) is 13.5. The molecule has 0 saturated carbocycles. The van der Waals surface area contributed by atoms with Crippen molar-refractivity contribution in [2.45, 2.75) is 19.6 Å². The Bertz CT molecular complexity index is 595. The van der Waals surface area contributed by atoms with Gasteiger partial charge in [0.15, 0.2) is 0 Å². The molecule has 0 amide bonds. The number of hydrogen-bond donors (Lipinski definition) is 1. The molecule has 1 aliphatic rings. The maximum absolute atomic E-state index is 5.78. The van der Waals surface area contributed by atoms with Gasteiger partial charge in [0.2, 0.25) is 0 Å². The number of nitrogens with zero attached hydrogens (tertiary/aromatic N) is 2. The van der Waals surface area contributed by atoms with Gasteiger partial charge in [0.1, 0.15) is 34.4 Å². The van der Waals surface area contributed by atoms with Gasteiger partial charge in [-0.05, 0) is 46.6 Å². The molecule has 2 heterocycles. The minimum atomic E-state index is 0.451. The number of imidazole rings is 1. The van der Waals surface area contributed by atoms with E-state index in [-0.39, 0.29) is 0 Å². The molecule has 1 aromatic heterocycles. The molecule has 0 unspecified atom stereocenters. The first-order valence-corrected chi connectivity index (χ1v) is 7.33. The lowest BCUT2D eigenvalue weighted by atomic mass is 10.3. The average Bonchev–Trinajstić information content (AvgIpc) is 2.83. The molecule has 3 rings (SSSR count). The highest BCUT2D eigenvalue weighted by Gasteiger charge is 2.18. The van der Waals surface area contributed by atoms with Gasteiger partial charge in [-0.15, -0.1) is 0 Å². The van der Waals surface area contributed by atoms with Gasteiger partial charge < -0.3 is 19.4 Å². The number of rotatable bonds is 4. The first-order valence-electron chi connectivity index (χ1n) is 6.53. The van der Waals surface area contributed by atoms with E-state index in [1.165, 1.54) is 0 Å². The molecule has 5 nitrogen and oxygen atoms in total. The zero-order valence-corrected chi connectivity index (χ0v) is 12.8. The molecule has 0 radical (unpaired) electrons. The summed E-state index contributed by atoms with van der Waals surface area (Å²) in [5.41, 5.74) is 0. The highest BCUT2D eigenvalue weighted by Crippen LogP contribution is 2.27. The zero-order chi connectivity index (χ0) is 13.9. The third-order valence-corrected chi connectivity index (χ3v) is 3.84. The Morgan fingerprint density at radius 1 is 1.30 bits per heavy atom. The monoisotopic (exact) mass is 337 g/mol. The number of halogens is 1. The number of methoxy groups -OCH3 is 1. The predicted molar refractivity (Wildman–Crippen MR) is 80.4 cm³/mol. The molecular weight excluding hydrogens is 322 g/mol. The van der Waals surface area contributed by atoms with Crippen LogP contribution in [-0.2, 0) is 13.2 Å². The van der Waals surface area contributed by atoms with Crippen LogP contribution in [0.4, 0.5) is 5.82 Å². The minimum absolute atomic E-state index is 0.451. The number of anilines is 1. The first kappa shape index (κ1) is 13.3. The highest BCUT2D eigenvalue weighted by molar-refractivity contribution is 9.10. The van der Waals surface area contributed by atoms with Crippen LogP contribution in [0.2, 0.25) is 0 Å². The van der Waals surface area contributed by atoms with Gasteiger partial charge in [0.25, 0.3) is 0 Å². The van der Waals surface area contributed by atoms with Gasteiger partial charge in [-0.3, -0.25) is 0 Å². The van der Waals surface area contributed by atoms with Crippen LogP contribution in [0.3, 0.4) is 0 Å². The van der Waals surface area contributed by atoms with Crippen molar-refractivity contribution in [1.29, 1.82) is 0 Å². The molecule has 0 bridgehead atoms. The molecule has 20 heavy (non-hydrogen) atoms. The predicted octanol–water partition coefficient (Wildman–Crippen LogP) is 3.05. The van der Waals surface area contributed by atoms with Gasteiger partial charge in [-0.1, -0.05) is 0 Å². The molecular formula is C14H16BrN3O2. The van der Waals surface area contributed by atoms with E-state index in [9.17, 15) is 0 Å². The molecule has 0 aliphatic carbocycles. The molecule has 1 aliphatic heterocycles. The summed E-state index contributed by atoms with van der Waals surface area (Å²) in [4.78, 5) is 4.51. The van der Waals surface area contributed by atoms with Crippen LogP contribution >= 0.6 is 15.9 Å². The second kappa shape index (κ2) is 5.75. The fourth-order valence-electron chi connectivity index (χ4n) is 2.25. The third kappa shape index (κ3) is 2.60. The third-order valence-electron chi connectivity index (χ3n) is 3.28. The number of hydrogen-bond acceptors (Lipinski definition) is 4. The largest absolute Gasteiger partial charge is 0.497 e. The quantitative estimate of drug-likeness (QED) is 0.931. The Morgan fingerprint density at radius 3 is 2.80 bits per heavy atom. The molecule has 0 saturated heterocycles. The number of aromatic nitrogens is 2. The van der Waals surface area contributed by atoms with Gasteiger partial charge in [-0.2, -0.15) is 0 Å². The number of ether oxygens (including phenoxy) is 2. The topological polar surface area (TPSA) is 48.3 Å². The summed E-state index contributed by atoms with van der Waals surface area (Å²) in [5, 5.41) is 3.35. The number of nitrogens with one attached hydrogen (secondary N) is 1. The van der Waals surface area contributed by atoms with E-state index in [4.69, 9.17) is 9.47 Å². The molecule has 6 heteroatoms. The van der Waals surface area contributed by atoms with E-state index >= 15 is 0 Å². The van der Waals surface area contributed by atoms with Crippen LogP contribution in [0.1, 0.15) is 12.2 Å². The Morgan fingerprint density at radius 2 is 2.05 bits per heavy atom. The molecule has 1 aromatic carbocycles. The second-order valence-corrected chi connectivity index (χ2v) is 5.31. The second-order valence-electron chi connectivity index (χ2n) is 4.56. The lowest BCUT2D eigenvalue weighted by molar-refractivity contribution is 0.288.